The first kappa shape index (κ1) is 16.2. The van der Waals surface area contributed by atoms with Crippen molar-refractivity contribution in [3.05, 3.63) is 82.0 Å². The first-order valence-corrected chi connectivity index (χ1v) is 8.88. The maximum atomic E-state index is 12.8. The molecule has 4 aromatic rings. The molecule has 1 atom stereocenters. The van der Waals surface area contributed by atoms with Gasteiger partial charge < -0.3 is 5.32 Å². The Bertz CT molecular complexity index is 1130. The number of nitrogens with one attached hydrogen (secondary N) is 1. The topological polar surface area (TPSA) is 81.3 Å². The molecule has 1 amide bonds. The zero-order valence-corrected chi connectivity index (χ0v) is 14.7. The lowest BCUT2D eigenvalue weighted by Gasteiger charge is -2.18. The largest absolute Gasteiger partial charge is 0.344 e. The number of amides is 1. The van der Waals surface area contributed by atoms with Crippen LogP contribution >= 0.6 is 11.3 Å². The van der Waals surface area contributed by atoms with Gasteiger partial charge in [0.15, 0.2) is 4.96 Å². The van der Waals surface area contributed by atoms with Gasteiger partial charge in [0, 0.05) is 30.0 Å². The van der Waals surface area contributed by atoms with Gasteiger partial charge in [-0.2, -0.15) is 10.1 Å². The summed E-state index contributed by atoms with van der Waals surface area (Å²) in [7, 11) is 0. The van der Waals surface area contributed by atoms with E-state index in [1.165, 1.54) is 17.4 Å². The fraction of sp³-hybridized carbons (Fsp3) is 0.111. The number of aromatic nitrogens is 4. The first-order valence-electron chi connectivity index (χ1n) is 8.00. The Labute approximate surface area is 152 Å². The highest BCUT2D eigenvalue weighted by Crippen LogP contribution is 2.21. The first-order chi connectivity index (χ1) is 12.6. The van der Waals surface area contributed by atoms with Crippen LogP contribution in [0.5, 0.6) is 0 Å². The van der Waals surface area contributed by atoms with Crippen LogP contribution in [0, 0.1) is 0 Å². The van der Waals surface area contributed by atoms with E-state index in [-0.39, 0.29) is 17.6 Å². The normalized spacial score (nSPS) is 12.2. The number of hydrogen-bond acceptors (Lipinski definition) is 5. The van der Waals surface area contributed by atoms with Crippen LogP contribution in [-0.2, 0) is 0 Å². The summed E-state index contributed by atoms with van der Waals surface area (Å²) in [4.78, 5) is 28.9. The molecule has 3 aromatic heterocycles. The predicted molar refractivity (Wildman–Crippen MR) is 98.8 cm³/mol. The van der Waals surface area contributed by atoms with Crippen LogP contribution in [0.4, 0.5) is 0 Å². The Morgan fingerprint density at radius 1 is 1.23 bits per heavy atom. The number of carbonyl (C=O) groups excluding carboxylic acids is 1. The molecule has 0 saturated carbocycles. The number of carbonyl (C=O) groups is 1. The molecule has 26 heavy (non-hydrogen) atoms. The minimum atomic E-state index is -0.429. The van der Waals surface area contributed by atoms with Gasteiger partial charge in [-0.15, -0.1) is 11.3 Å². The van der Waals surface area contributed by atoms with Crippen LogP contribution in [0.3, 0.4) is 0 Å². The molecular weight excluding hydrogens is 350 g/mol. The van der Waals surface area contributed by atoms with E-state index in [9.17, 15) is 9.59 Å². The molecule has 1 aromatic carbocycles. The quantitative estimate of drug-likeness (QED) is 0.602. The van der Waals surface area contributed by atoms with Crippen molar-refractivity contribution in [3.63, 3.8) is 0 Å². The van der Waals surface area contributed by atoms with Gasteiger partial charge >= 0.3 is 0 Å². The summed E-state index contributed by atoms with van der Waals surface area (Å²) in [6.45, 7) is 1.90. The van der Waals surface area contributed by atoms with Gasteiger partial charge in [-0.05, 0) is 24.6 Å². The summed E-state index contributed by atoms with van der Waals surface area (Å²) in [5.74, 6) is -0.333. The van der Waals surface area contributed by atoms with Gasteiger partial charge in [0.2, 0.25) is 0 Å². The number of para-hydroxylation sites is 1. The van der Waals surface area contributed by atoms with E-state index in [4.69, 9.17) is 0 Å². The van der Waals surface area contributed by atoms with Gasteiger partial charge in [0.25, 0.3) is 11.5 Å². The molecule has 1 unspecified atom stereocenters. The Kier molecular flexibility index (Phi) is 4.10. The fourth-order valence-corrected chi connectivity index (χ4v) is 3.57. The number of benzene rings is 1. The smallest absolute Gasteiger partial charge is 0.274 e. The highest BCUT2D eigenvalue weighted by atomic mass is 32.1. The van der Waals surface area contributed by atoms with Gasteiger partial charge in [-0.1, -0.05) is 18.2 Å². The molecule has 0 radical (unpaired) electrons. The third-order valence-corrected chi connectivity index (χ3v) is 4.81. The number of rotatable bonds is 4. The van der Waals surface area contributed by atoms with Crippen LogP contribution in [0.25, 0.3) is 10.6 Å². The standard InChI is InChI=1S/C18H15N5O2S/c1-12(13-5-2-3-6-14(13)23-8-4-7-19-23)20-17(25)15-11-16(24)21-18-22(15)9-10-26-18/h2-12H,1H3,(H,20,25). The maximum absolute atomic E-state index is 12.8. The van der Waals surface area contributed by atoms with Crippen LogP contribution in [-0.4, -0.2) is 25.1 Å². The second kappa shape index (κ2) is 6.57. The molecule has 0 fully saturated rings. The van der Waals surface area contributed by atoms with Gasteiger partial charge in [0.05, 0.1) is 11.7 Å². The number of nitrogens with zero attached hydrogens (tertiary/aromatic N) is 4. The lowest BCUT2D eigenvalue weighted by molar-refractivity contribution is 0.0933. The van der Waals surface area contributed by atoms with E-state index in [0.717, 1.165) is 11.3 Å². The molecule has 0 bridgehead atoms. The summed E-state index contributed by atoms with van der Waals surface area (Å²) in [6, 6.07) is 10.5. The van der Waals surface area contributed by atoms with E-state index in [1.54, 1.807) is 26.9 Å². The lowest BCUT2D eigenvalue weighted by atomic mass is 10.1. The number of hydrogen-bond donors (Lipinski definition) is 1. The van der Waals surface area contributed by atoms with Crippen LogP contribution in [0.2, 0.25) is 0 Å². The monoisotopic (exact) mass is 365 g/mol. The fourth-order valence-electron chi connectivity index (χ4n) is 2.85. The van der Waals surface area contributed by atoms with Crippen molar-refractivity contribution in [2.24, 2.45) is 0 Å². The van der Waals surface area contributed by atoms with Crippen molar-refractivity contribution in [2.45, 2.75) is 13.0 Å². The number of fused-ring (bicyclic) bond motifs is 1. The highest BCUT2D eigenvalue weighted by Gasteiger charge is 2.18. The predicted octanol–water partition coefficient (Wildman–Crippen LogP) is 2.43. The molecule has 130 valence electrons. The second-order valence-electron chi connectivity index (χ2n) is 5.74. The zero-order valence-electron chi connectivity index (χ0n) is 13.9. The summed E-state index contributed by atoms with van der Waals surface area (Å²) >= 11 is 1.31. The van der Waals surface area contributed by atoms with Crippen LogP contribution < -0.4 is 10.9 Å². The van der Waals surface area contributed by atoms with Gasteiger partial charge in [0.1, 0.15) is 5.69 Å². The molecule has 0 saturated heterocycles. The molecule has 0 aliphatic heterocycles. The molecule has 0 aliphatic rings. The van der Waals surface area contributed by atoms with E-state index >= 15 is 0 Å². The van der Waals surface area contributed by atoms with Crippen molar-refractivity contribution in [3.8, 4) is 5.69 Å². The Balaban J connectivity index is 1.67. The zero-order chi connectivity index (χ0) is 18.1. The molecular formula is C18H15N5O2S. The molecule has 1 N–H and O–H groups in total. The van der Waals surface area contributed by atoms with E-state index < -0.39 is 5.56 Å². The minimum Gasteiger partial charge on any atom is -0.344 e. The molecule has 0 aliphatic carbocycles. The van der Waals surface area contributed by atoms with E-state index in [1.807, 2.05) is 43.5 Å². The van der Waals surface area contributed by atoms with Crippen molar-refractivity contribution >= 4 is 22.2 Å². The molecule has 3 heterocycles. The Hall–Kier alpha value is -3.26. The van der Waals surface area contributed by atoms with Crippen molar-refractivity contribution in [2.75, 3.05) is 0 Å². The van der Waals surface area contributed by atoms with Crippen molar-refractivity contribution < 1.29 is 4.79 Å². The summed E-state index contributed by atoms with van der Waals surface area (Å²) in [5.41, 5.74) is 1.65. The average molecular weight is 365 g/mol. The summed E-state index contributed by atoms with van der Waals surface area (Å²) in [6.07, 6.45) is 5.28. The molecule has 7 nitrogen and oxygen atoms in total. The second-order valence-corrected chi connectivity index (χ2v) is 6.61. The number of thiazole rings is 1. The average Bonchev–Trinajstić information content (AvgIpc) is 3.32. The van der Waals surface area contributed by atoms with Crippen LogP contribution in [0.15, 0.2) is 65.2 Å². The van der Waals surface area contributed by atoms with Gasteiger partial charge in [-0.3, -0.25) is 14.0 Å². The third kappa shape index (κ3) is 2.91. The van der Waals surface area contributed by atoms with Gasteiger partial charge in [-0.25, -0.2) is 4.68 Å². The Morgan fingerprint density at radius 3 is 2.88 bits per heavy atom. The minimum absolute atomic E-state index is 0.268. The third-order valence-electron chi connectivity index (χ3n) is 4.05. The molecule has 4 rings (SSSR count). The summed E-state index contributed by atoms with van der Waals surface area (Å²) < 4.78 is 3.37. The SMILES string of the molecule is CC(NC(=O)c1cc(=O)nc2sccn12)c1ccccc1-n1cccn1. The Morgan fingerprint density at radius 2 is 2.08 bits per heavy atom. The van der Waals surface area contributed by atoms with E-state index in [2.05, 4.69) is 15.4 Å². The van der Waals surface area contributed by atoms with Crippen molar-refractivity contribution in [1.29, 1.82) is 0 Å². The maximum Gasteiger partial charge on any atom is 0.274 e. The molecule has 0 spiro atoms. The van der Waals surface area contributed by atoms with Crippen LogP contribution in [0.1, 0.15) is 29.0 Å². The molecule has 8 heteroatoms. The highest BCUT2D eigenvalue weighted by molar-refractivity contribution is 7.15. The van der Waals surface area contributed by atoms with Crippen molar-refractivity contribution in [1.82, 2.24) is 24.5 Å². The van der Waals surface area contributed by atoms with E-state index in [0.29, 0.717) is 4.96 Å². The lowest BCUT2D eigenvalue weighted by Crippen LogP contribution is -2.30. The summed E-state index contributed by atoms with van der Waals surface area (Å²) in [5, 5.41) is 9.01.